The number of pyridine rings is 1. The second kappa shape index (κ2) is 4.58. The van der Waals surface area contributed by atoms with E-state index in [4.69, 9.17) is 0 Å². The minimum absolute atomic E-state index is 0.0544. The van der Waals surface area contributed by atoms with Gasteiger partial charge < -0.3 is 0 Å². The van der Waals surface area contributed by atoms with Crippen LogP contribution in [0.1, 0.15) is 21.6 Å². The summed E-state index contributed by atoms with van der Waals surface area (Å²) in [5.41, 5.74) is 2.26. The van der Waals surface area contributed by atoms with E-state index >= 15 is 0 Å². The minimum Gasteiger partial charge on any atom is -0.287 e. The van der Waals surface area contributed by atoms with Crippen LogP contribution in [0.3, 0.4) is 0 Å². The summed E-state index contributed by atoms with van der Waals surface area (Å²) in [6.45, 7) is 1.99. The van der Waals surface area contributed by atoms with Crippen molar-refractivity contribution < 1.29 is 4.79 Å². The van der Waals surface area contributed by atoms with Crippen LogP contribution in [0.2, 0.25) is 0 Å². The molecule has 1 aromatic heterocycles. The van der Waals surface area contributed by atoms with Crippen molar-refractivity contribution in [3.8, 4) is 0 Å². The Labute approximate surface area is 102 Å². The van der Waals surface area contributed by atoms with Crippen LogP contribution < -0.4 is 0 Å². The summed E-state index contributed by atoms with van der Waals surface area (Å²) < 4.78 is 0.859. The number of aryl methyl sites for hydroxylation is 1. The average molecular weight is 276 g/mol. The standard InChI is InChI=1S/C13H10BrNO/c1-9-2-4-10(5-3-9)13(16)12-8-11(14)6-7-15-12/h2-8H,1H3. The van der Waals surface area contributed by atoms with Crippen LogP contribution in [0.4, 0.5) is 0 Å². The van der Waals surface area contributed by atoms with Crippen molar-refractivity contribution in [2.75, 3.05) is 0 Å². The van der Waals surface area contributed by atoms with Crippen LogP contribution in [-0.2, 0) is 0 Å². The summed E-state index contributed by atoms with van der Waals surface area (Å²) in [6.07, 6.45) is 1.62. The van der Waals surface area contributed by atoms with Crippen LogP contribution in [0, 0.1) is 6.92 Å². The number of hydrogen-bond acceptors (Lipinski definition) is 2. The lowest BCUT2D eigenvalue weighted by molar-refractivity contribution is 0.103. The topological polar surface area (TPSA) is 30.0 Å². The van der Waals surface area contributed by atoms with E-state index in [9.17, 15) is 4.79 Å². The fourth-order valence-corrected chi connectivity index (χ4v) is 1.72. The van der Waals surface area contributed by atoms with Gasteiger partial charge in [0.15, 0.2) is 0 Å². The molecular weight excluding hydrogens is 266 g/mol. The molecule has 0 radical (unpaired) electrons. The van der Waals surface area contributed by atoms with Crippen molar-refractivity contribution in [3.63, 3.8) is 0 Å². The molecule has 2 rings (SSSR count). The maximum Gasteiger partial charge on any atom is 0.211 e. The van der Waals surface area contributed by atoms with Crippen LogP contribution in [-0.4, -0.2) is 10.8 Å². The molecule has 1 heterocycles. The smallest absolute Gasteiger partial charge is 0.211 e. The fourth-order valence-electron chi connectivity index (χ4n) is 1.38. The summed E-state index contributed by atoms with van der Waals surface area (Å²) in [7, 11) is 0. The first-order valence-corrected chi connectivity index (χ1v) is 5.69. The van der Waals surface area contributed by atoms with Crippen molar-refractivity contribution in [1.29, 1.82) is 0 Å². The van der Waals surface area contributed by atoms with Crippen molar-refractivity contribution >= 4 is 21.7 Å². The summed E-state index contributed by atoms with van der Waals surface area (Å²) in [5, 5.41) is 0. The molecule has 2 nitrogen and oxygen atoms in total. The molecule has 0 amide bonds. The van der Waals surface area contributed by atoms with E-state index in [0.717, 1.165) is 10.0 Å². The number of halogens is 1. The number of hydrogen-bond donors (Lipinski definition) is 0. The van der Waals surface area contributed by atoms with Gasteiger partial charge >= 0.3 is 0 Å². The molecule has 0 bridgehead atoms. The molecule has 0 aliphatic rings. The average Bonchev–Trinajstić information content (AvgIpc) is 2.29. The van der Waals surface area contributed by atoms with Crippen molar-refractivity contribution in [3.05, 3.63) is 63.9 Å². The molecule has 0 saturated carbocycles. The fraction of sp³-hybridized carbons (Fsp3) is 0.0769. The van der Waals surface area contributed by atoms with E-state index in [1.807, 2.05) is 31.2 Å². The van der Waals surface area contributed by atoms with Crippen molar-refractivity contribution in [2.45, 2.75) is 6.92 Å². The second-order valence-electron chi connectivity index (χ2n) is 3.55. The third-order valence-corrected chi connectivity index (χ3v) is 2.76. The largest absolute Gasteiger partial charge is 0.287 e. The van der Waals surface area contributed by atoms with Gasteiger partial charge in [0.2, 0.25) is 5.78 Å². The van der Waals surface area contributed by atoms with E-state index in [1.54, 1.807) is 18.3 Å². The van der Waals surface area contributed by atoms with E-state index in [-0.39, 0.29) is 5.78 Å². The third-order valence-electron chi connectivity index (χ3n) is 2.27. The molecule has 2 aromatic rings. The van der Waals surface area contributed by atoms with E-state index < -0.39 is 0 Å². The number of rotatable bonds is 2. The first-order valence-electron chi connectivity index (χ1n) is 4.90. The molecule has 0 aliphatic heterocycles. The molecule has 0 saturated heterocycles. The van der Waals surface area contributed by atoms with Crippen LogP contribution >= 0.6 is 15.9 Å². The Hall–Kier alpha value is -1.48. The minimum atomic E-state index is -0.0544. The first-order chi connectivity index (χ1) is 7.66. The molecule has 0 fully saturated rings. The SMILES string of the molecule is Cc1ccc(C(=O)c2cc(Br)ccn2)cc1. The number of aromatic nitrogens is 1. The lowest BCUT2D eigenvalue weighted by atomic mass is 10.1. The molecule has 3 heteroatoms. The molecule has 16 heavy (non-hydrogen) atoms. The van der Waals surface area contributed by atoms with Gasteiger partial charge in [0.05, 0.1) is 0 Å². The first kappa shape index (κ1) is 11.0. The summed E-state index contributed by atoms with van der Waals surface area (Å²) >= 11 is 3.32. The van der Waals surface area contributed by atoms with E-state index in [2.05, 4.69) is 20.9 Å². The zero-order valence-electron chi connectivity index (χ0n) is 8.77. The highest BCUT2D eigenvalue weighted by atomic mass is 79.9. The van der Waals surface area contributed by atoms with Crippen LogP contribution in [0.5, 0.6) is 0 Å². The summed E-state index contributed by atoms with van der Waals surface area (Å²) in [4.78, 5) is 16.1. The van der Waals surface area contributed by atoms with Gasteiger partial charge in [-0.05, 0) is 19.1 Å². The Morgan fingerprint density at radius 1 is 1.19 bits per heavy atom. The van der Waals surface area contributed by atoms with Crippen molar-refractivity contribution in [1.82, 2.24) is 4.98 Å². The Kier molecular flexibility index (Phi) is 3.15. The van der Waals surface area contributed by atoms with Gasteiger partial charge in [-0.1, -0.05) is 45.8 Å². The number of ketones is 1. The van der Waals surface area contributed by atoms with Gasteiger partial charge in [-0.2, -0.15) is 0 Å². The van der Waals surface area contributed by atoms with Gasteiger partial charge in [0.25, 0.3) is 0 Å². The summed E-state index contributed by atoms with van der Waals surface area (Å²) in [5.74, 6) is -0.0544. The van der Waals surface area contributed by atoms with Gasteiger partial charge in [0, 0.05) is 16.2 Å². The molecule has 0 N–H and O–H groups in total. The quantitative estimate of drug-likeness (QED) is 0.787. The maximum absolute atomic E-state index is 12.0. The number of nitrogens with zero attached hydrogens (tertiary/aromatic N) is 1. The van der Waals surface area contributed by atoms with Crippen molar-refractivity contribution in [2.24, 2.45) is 0 Å². The lowest BCUT2D eigenvalue weighted by Gasteiger charge is -2.01. The van der Waals surface area contributed by atoms with Gasteiger partial charge in [-0.15, -0.1) is 0 Å². The number of carbonyl (C=O) groups excluding carboxylic acids is 1. The Bertz CT molecular complexity index is 520. The molecular formula is C13H10BrNO. The zero-order chi connectivity index (χ0) is 11.5. The second-order valence-corrected chi connectivity index (χ2v) is 4.47. The summed E-state index contributed by atoms with van der Waals surface area (Å²) in [6, 6.07) is 11.0. The molecule has 80 valence electrons. The molecule has 0 atom stereocenters. The predicted octanol–water partition coefficient (Wildman–Crippen LogP) is 3.38. The molecule has 0 spiro atoms. The Balaban J connectivity index is 2.35. The van der Waals surface area contributed by atoms with Crippen LogP contribution in [0.25, 0.3) is 0 Å². The third kappa shape index (κ3) is 2.36. The maximum atomic E-state index is 12.0. The zero-order valence-corrected chi connectivity index (χ0v) is 10.4. The Morgan fingerprint density at radius 3 is 2.50 bits per heavy atom. The van der Waals surface area contributed by atoms with Gasteiger partial charge in [-0.25, -0.2) is 0 Å². The van der Waals surface area contributed by atoms with Gasteiger partial charge in [0.1, 0.15) is 5.69 Å². The number of carbonyl (C=O) groups is 1. The van der Waals surface area contributed by atoms with E-state index in [0.29, 0.717) is 11.3 Å². The van der Waals surface area contributed by atoms with Crippen LogP contribution in [0.15, 0.2) is 47.1 Å². The highest BCUT2D eigenvalue weighted by molar-refractivity contribution is 9.10. The van der Waals surface area contributed by atoms with E-state index in [1.165, 1.54) is 0 Å². The normalized spacial score (nSPS) is 10.1. The highest BCUT2D eigenvalue weighted by Crippen LogP contribution is 2.13. The van der Waals surface area contributed by atoms with Gasteiger partial charge in [-0.3, -0.25) is 9.78 Å². The highest BCUT2D eigenvalue weighted by Gasteiger charge is 2.09. The molecule has 0 unspecified atom stereocenters. The predicted molar refractivity (Wildman–Crippen MR) is 66.5 cm³/mol. The lowest BCUT2D eigenvalue weighted by Crippen LogP contribution is -2.03. The monoisotopic (exact) mass is 275 g/mol. The number of benzene rings is 1. The Morgan fingerprint density at radius 2 is 1.88 bits per heavy atom. The molecule has 0 aliphatic carbocycles. The molecule has 1 aromatic carbocycles.